The van der Waals surface area contributed by atoms with Crippen molar-refractivity contribution in [2.24, 2.45) is 63.5 Å². The number of hydrogen-bond acceptors (Lipinski definition) is 7. The fourth-order valence-corrected chi connectivity index (χ4v) is 11.8. The zero-order valence-electron chi connectivity index (χ0n) is 32.0. The maximum atomic E-state index is 13.4. The van der Waals surface area contributed by atoms with Crippen LogP contribution in [0.25, 0.3) is 0 Å². The largest absolute Gasteiger partial charge is 0.353 e. The van der Waals surface area contributed by atoms with Gasteiger partial charge in [0.05, 0.1) is 0 Å². The van der Waals surface area contributed by atoms with Gasteiger partial charge >= 0.3 is 0 Å². The van der Waals surface area contributed by atoms with Gasteiger partial charge in [0.1, 0.15) is 0 Å². The molecular weight excluding hydrogens is 638 g/mol. The van der Waals surface area contributed by atoms with Crippen LogP contribution in [0.5, 0.6) is 0 Å². The smallest absolute Gasteiger partial charge is 0.221 e. The first-order chi connectivity index (χ1) is 24.4. The van der Waals surface area contributed by atoms with Crippen molar-refractivity contribution in [3.8, 4) is 0 Å². The van der Waals surface area contributed by atoms with Gasteiger partial charge in [0, 0.05) is 63.6 Å². The lowest BCUT2D eigenvalue weighted by atomic mass is 9.42. The van der Waals surface area contributed by atoms with Gasteiger partial charge in [0.15, 0.2) is 0 Å². The molecule has 9 N–H and O–H groups in total. The van der Waals surface area contributed by atoms with E-state index in [0.717, 1.165) is 70.9 Å². The Labute approximate surface area is 307 Å². The standard InChI is InChI=1S/C41H69N7O3/c1-27(9-8-22-48(4)26-28-10-6-5-7-11-28)31-12-13-32-39-33(25-35(41(31,32)3)47-38(51)17-21-44)40(2)18-14-30(45-36(49)15-19-42)23-29(40)24-34(39)46-37(50)16-20-43/h5-7,10-11,27,29-35,39H,8-9,12-26,42-44H2,1-4H3,(H,45,49)(H,46,50)(H,47,51)/t27-,29?,30-,31?,32+,33+,34?,35+,39?,40?,41?/m1/s1. The zero-order valence-corrected chi connectivity index (χ0v) is 32.0. The van der Waals surface area contributed by atoms with Crippen LogP contribution < -0.4 is 33.2 Å². The fraction of sp³-hybridized carbons (Fsp3) is 0.780. The van der Waals surface area contributed by atoms with E-state index in [1.54, 1.807) is 0 Å². The molecule has 0 aromatic heterocycles. The van der Waals surface area contributed by atoms with Crippen molar-refractivity contribution >= 4 is 17.7 Å². The third-order valence-corrected chi connectivity index (χ3v) is 14.3. The molecule has 5 rings (SSSR count). The molecule has 1 aromatic carbocycles. The molecule has 6 unspecified atom stereocenters. The van der Waals surface area contributed by atoms with E-state index >= 15 is 0 Å². The van der Waals surface area contributed by atoms with Gasteiger partial charge in [-0.15, -0.1) is 0 Å². The highest BCUT2D eigenvalue weighted by Crippen LogP contribution is 2.68. The number of nitrogens with two attached hydrogens (primary N) is 3. The maximum absolute atomic E-state index is 13.4. The van der Waals surface area contributed by atoms with Crippen LogP contribution in [0.15, 0.2) is 30.3 Å². The quantitative estimate of drug-likeness (QED) is 0.151. The summed E-state index contributed by atoms with van der Waals surface area (Å²) in [5, 5.41) is 10.4. The first-order valence-electron chi connectivity index (χ1n) is 20.1. The first-order valence-corrected chi connectivity index (χ1v) is 20.1. The van der Waals surface area contributed by atoms with E-state index in [1.165, 1.54) is 5.56 Å². The second-order valence-corrected chi connectivity index (χ2v) is 17.3. The summed E-state index contributed by atoms with van der Waals surface area (Å²) < 4.78 is 0. The molecule has 51 heavy (non-hydrogen) atoms. The number of amides is 3. The van der Waals surface area contributed by atoms with Crippen LogP contribution >= 0.6 is 0 Å². The monoisotopic (exact) mass is 708 g/mol. The highest BCUT2D eigenvalue weighted by Gasteiger charge is 2.66. The Morgan fingerprint density at radius 3 is 2.16 bits per heavy atom. The van der Waals surface area contributed by atoms with E-state index in [2.05, 4.69) is 79.0 Å². The molecule has 4 aliphatic rings. The van der Waals surface area contributed by atoms with E-state index in [4.69, 9.17) is 17.2 Å². The molecule has 0 spiro atoms. The number of nitrogens with zero attached hydrogens (tertiary/aromatic N) is 1. The average molecular weight is 708 g/mol. The molecule has 3 amide bonds. The van der Waals surface area contributed by atoms with Crippen molar-refractivity contribution in [1.82, 2.24) is 20.9 Å². The van der Waals surface area contributed by atoms with E-state index < -0.39 is 0 Å². The fourth-order valence-electron chi connectivity index (χ4n) is 11.8. The van der Waals surface area contributed by atoms with Gasteiger partial charge in [-0.1, -0.05) is 51.1 Å². The highest BCUT2D eigenvalue weighted by molar-refractivity contribution is 5.77. The minimum atomic E-state index is -0.0891. The minimum Gasteiger partial charge on any atom is -0.353 e. The highest BCUT2D eigenvalue weighted by atomic mass is 16.2. The van der Waals surface area contributed by atoms with Crippen molar-refractivity contribution in [2.75, 3.05) is 33.2 Å². The van der Waals surface area contributed by atoms with Crippen LogP contribution in [0.2, 0.25) is 0 Å². The van der Waals surface area contributed by atoms with Gasteiger partial charge < -0.3 is 38.1 Å². The van der Waals surface area contributed by atoms with Crippen LogP contribution in [0.3, 0.4) is 0 Å². The lowest BCUT2D eigenvalue weighted by Crippen LogP contribution is -2.67. The van der Waals surface area contributed by atoms with E-state index in [1.807, 2.05) is 0 Å². The molecule has 4 fully saturated rings. The molecule has 4 saturated carbocycles. The summed E-state index contributed by atoms with van der Waals surface area (Å²) >= 11 is 0. The van der Waals surface area contributed by atoms with Crippen LogP contribution in [-0.2, 0) is 20.9 Å². The van der Waals surface area contributed by atoms with Gasteiger partial charge in [-0.25, -0.2) is 0 Å². The summed E-state index contributed by atoms with van der Waals surface area (Å²) in [5.74, 6) is 2.53. The number of carbonyl (C=O) groups is 3. The lowest BCUT2D eigenvalue weighted by molar-refractivity contribution is -0.153. The third-order valence-electron chi connectivity index (χ3n) is 14.3. The summed E-state index contributed by atoms with van der Waals surface area (Å²) in [6, 6.07) is 10.9. The van der Waals surface area contributed by atoms with E-state index in [-0.39, 0.29) is 46.7 Å². The number of nitrogens with one attached hydrogen (secondary N) is 3. The van der Waals surface area contributed by atoms with Gasteiger partial charge in [-0.05, 0) is 123 Å². The van der Waals surface area contributed by atoms with Crippen molar-refractivity contribution < 1.29 is 14.4 Å². The first kappa shape index (κ1) is 39.7. The number of benzene rings is 1. The Morgan fingerprint density at radius 2 is 1.49 bits per heavy atom. The molecule has 0 radical (unpaired) electrons. The molecule has 0 aliphatic heterocycles. The molecule has 0 saturated heterocycles. The second-order valence-electron chi connectivity index (χ2n) is 17.3. The Morgan fingerprint density at radius 1 is 0.843 bits per heavy atom. The molecule has 286 valence electrons. The third kappa shape index (κ3) is 8.82. The molecule has 0 bridgehead atoms. The number of rotatable bonds is 16. The van der Waals surface area contributed by atoms with Crippen molar-refractivity contribution in [3.05, 3.63) is 35.9 Å². The van der Waals surface area contributed by atoms with Gasteiger partial charge in [-0.3, -0.25) is 14.4 Å². The number of fused-ring (bicyclic) bond motifs is 5. The number of hydrogen-bond donors (Lipinski definition) is 6. The van der Waals surface area contributed by atoms with Crippen molar-refractivity contribution in [3.63, 3.8) is 0 Å². The summed E-state index contributed by atoms with van der Waals surface area (Å²) in [4.78, 5) is 41.7. The predicted octanol–water partition coefficient (Wildman–Crippen LogP) is 3.91. The summed E-state index contributed by atoms with van der Waals surface area (Å²) in [6.45, 7) is 10.4. The Hall–Kier alpha value is -2.53. The molecule has 11 atom stereocenters. The summed E-state index contributed by atoms with van der Waals surface area (Å²) in [6.07, 6.45) is 10.3. The lowest BCUT2D eigenvalue weighted by Gasteiger charge is -2.65. The summed E-state index contributed by atoms with van der Waals surface area (Å²) in [7, 11) is 2.21. The zero-order chi connectivity index (χ0) is 36.8. The van der Waals surface area contributed by atoms with Crippen LogP contribution in [-0.4, -0.2) is 74.0 Å². The molecule has 4 aliphatic carbocycles. The van der Waals surface area contributed by atoms with Gasteiger partial charge in [0.25, 0.3) is 0 Å². The maximum Gasteiger partial charge on any atom is 0.221 e. The van der Waals surface area contributed by atoms with Crippen LogP contribution in [0.4, 0.5) is 0 Å². The molecule has 0 heterocycles. The van der Waals surface area contributed by atoms with Crippen LogP contribution in [0, 0.1) is 46.3 Å². The van der Waals surface area contributed by atoms with Crippen LogP contribution in [0.1, 0.15) is 103 Å². The van der Waals surface area contributed by atoms with Crippen molar-refractivity contribution in [2.45, 2.75) is 122 Å². The topological polar surface area (TPSA) is 169 Å². The second kappa shape index (κ2) is 17.5. The molecule has 10 nitrogen and oxygen atoms in total. The molecule has 10 heteroatoms. The minimum absolute atomic E-state index is 0.0256. The Kier molecular flexibility index (Phi) is 13.6. The van der Waals surface area contributed by atoms with Crippen molar-refractivity contribution in [1.29, 1.82) is 0 Å². The molecular formula is C41H69N7O3. The van der Waals surface area contributed by atoms with Gasteiger partial charge in [0.2, 0.25) is 17.7 Å². The molecule has 1 aromatic rings. The predicted molar refractivity (Wildman–Crippen MR) is 204 cm³/mol. The number of carbonyl (C=O) groups excluding carboxylic acids is 3. The average Bonchev–Trinajstić information content (AvgIpc) is 3.44. The Balaban J connectivity index is 1.39. The van der Waals surface area contributed by atoms with E-state index in [0.29, 0.717) is 74.4 Å². The van der Waals surface area contributed by atoms with Gasteiger partial charge in [-0.2, -0.15) is 0 Å². The summed E-state index contributed by atoms with van der Waals surface area (Å²) in [5.41, 5.74) is 18.8. The normalized spacial score (nSPS) is 34.9. The van der Waals surface area contributed by atoms with E-state index in [9.17, 15) is 14.4 Å². The Bertz CT molecular complexity index is 1310. The SMILES string of the molecule is C[C@H](CCCN(C)Cc1ccccc1)C1CC[C@H]2C3C(NC(=O)CCN)CC4C[C@H](NC(=O)CCN)CCC4(C)[C@H]3C[C@H](NC(=O)CCN)C12C.